The number of nitrogens with zero attached hydrogens (tertiary/aromatic N) is 2. The first kappa shape index (κ1) is 11.0. The van der Waals surface area contributed by atoms with Gasteiger partial charge in [0.05, 0.1) is 0 Å². The Bertz CT molecular complexity index is 394. The zero-order valence-corrected chi connectivity index (χ0v) is 9.32. The minimum atomic E-state index is -0.601. The number of rotatable bonds is 1. The van der Waals surface area contributed by atoms with Crippen LogP contribution in [0.1, 0.15) is 36.7 Å². The fraction of sp³-hybridized carbons (Fsp3) is 0.500. The van der Waals surface area contributed by atoms with E-state index in [-0.39, 0.29) is 17.6 Å². The van der Waals surface area contributed by atoms with Gasteiger partial charge in [-0.15, -0.1) is 0 Å². The van der Waals surface area contributed by atoms with Gasteiger partial charge in [-0.3, -0.25) is 4.79 Å². The molecule has 1 aliphatic rings. The molecule has 1 unspecified atom stereocenters. The van der Waals surface area contributed by atoms with Crippen LogP contribution in [0, 0.1) is 5.95 Å². The molecule has 0 saturated carbocycles. The highest BCUT2D eigenvalue weighted by Crippen LogP contribution is 2.18. The van der Waals surface area contributed by atoms with Crippen LogP contribution < -0.4 is 0 Å². The van der Waals surface area contributed by atoms with Gasteiger partial charge < -0.3 is 4.90 Å². The van der Waals surface area contributed by atoms with E-state index in [9.17, 15) is 9.18 Å². The van der Waals surface area contributed by atoms with E-state index in [4.69, 9.17) is 0 Å². The monoisotopic (exact) mass is 222 g/mol. The molecule has 1 aliphatic heterocycles. The standard InChI is InChI=1S/C12H15FN2O/c1-9-5-2-3-8-15(9)12(16)10-6-4-7-11(13)14-10/h4,6-7,9H,2-3,5,8H2,1H3. The van der Waals surface area contributed by atoms with Crippen molar-refractivity contribution >= 4 is 5.91 Å². The van der Waals surface area contributed by atoms with Crippen molar-refractivity contribution < 1.29 is 9.18 Å². The van der Waals surface area contributed by atoms with Gasteiger partial charge in [0.2, 0.25) is 5.95 Å². The maximum absolute atomic E-state index is 12.9. The Morgan fingerprint density at radius 1 is 1.50 bits per heavy atom. The van der Waals surface area contributed by atoms with Crippen LogP contribution in [0.4, 0.5) is 4.39 Å². The fourth-order valence-corrected chi connectivity index (χ4v) is 2.07. The molecule has 4 heteroatoms. The van der Waals surface area contributed by atoms with Gasteiger partial charge in [-0.25, -0.2) is 4.98 Å². The Kier molecular flexibility index (Phi) is 3.17. The third kappa shape index (κ3) is 2.21. The van der Waals surface area contributed by atoms with Crippen LogP contribution in [0.5, 0.6) is 0 Å². The fourth-order valence-electron chi connectivity index (χ4n) is 2.07. The lowest BCUT2D eigenvalue weighted by molar-refractivity contribution is 0.0628. The van der Waals surface area contributed by atoms with E-state index < -0.39 is 5.95 Å². The largest absolute Gasteiger partial charge is 0.335 e. The van der Waals surface area contributed by atoms with Crippen molar-refractivity contribution in [3.63, 3.8) is 0 Å². The number of hydrogen-bond acceptors (Lipinski definition) is 2. The molecule has 0 spiro atoms. The van der Waals surface area contributed by atoms with Crippen molar-refractivity contribution in [2.45, 2.75) is 32.2 Å². The van der Waals surface area contributed by atoms with Crippen LogP contribution in [-0.4, -0.2) is 28.4 Å². The minimum Gasteiger partial charge on any atom is -0.335 e. The first-order valence-corrected chi connectivity index (χ1v) is 5.62. The summed E-state index contributed by atoms with van der Waals surface area (Å²) >= 11 is 0. The van der Waals surface area contributed by atoms with Crippen LogP contribution >= 0.6 is 0 Å². The molecule has 16 heavy (non-hydrogen) atoms. The molecule has 86 valence electrons. The molecule has 2 heterocycles. The summed E-state index contributed by atoms with van der Waals surface area (Å²) in [5.41, 5.74) is 0.203. The molecule has 1 atom stereocenters. The summed E-state index contributed by atoms with van der Waals surface area (Å²) in [6.45, 7) is 2.77. The summed E-state index contributed by atoms with van der Waals surface area (Å²) in [5.74, 6) is -0.762. The highest BCUT2D eigenvalue weighted by atomic mass is 19.1. The second kappa shape index (κ2) is 4.60. The summed E-state index contributed by atoms with van der Waals surface area (Å²) in [5, 5.41) is 0. The van der Waals surface area contributed by atoms with Gasteiger partial charge in [0, 0.05) is 12.6 Å². The quantitative estimate of drug-likeness (QED) is 0.683. The molecule has 0 aromatic carbocycles. The highest BCUT2D eigenvalue weighted by molar-refractivity contribution is 5.92. The van der Waals surface area contributed by atoms with E-state index in [0.29, 0.717) is 0 Å². The Balaban J connectivity index is 2.17. The normalized spacial score (nSPS) is 20.9. The summed E-state index contributed by atoms with van der Waals surface area (Å²) in [6.07, 6.45) is 3.19. The van der Waals surface area contributed by atoms with Crippen LogP contribution in [0.25, 0.3) is 0 Å². The first-order valence-electron chi connectivity index (χ1n) is 5.62. The number of aromatic nitrogens is 1. The molecule has 1 saturated heterocycles. The van der Waals surface area contributed by atoms with Crippen molar-refractivity contribution in [3.05, 3.63) is 29.8 Å². The van der Waals surface area contributed by atoms with Crippen molar-refractivity contribution in [1.82, 2.24) is 9.88 Å². The van der Waals surface area contributed by atoms with Crippen LogP contribution in [-0.2, 0) is 0 Å². The lowest BCUT2D eigenvalue weighted by Gasteiger charge is -2.33. The summed E-state index contributed by atoms with van der Waals surface area (Å²) in [4.78, 5) is 17.5. The molecular formula is C12H15FN2O. The number of pyridine rings is 1. The molecule has 0 bridgehead atoms. The maximum Gasteiger partial charge on any atom is 0.272 e. The van der Waals surface area contributed by atoms with Gasteiger partial charge in [0.25, 0.3) is 5.91 Å². The van der Waals surface area contributed by atoms with E-state index in [0.717, 1.165) is 25.8 Å². The zero-order chi connectivity index (χ0) is 11.5. The average Bonchev–Trinajstić information content (AvgIpc) is 2.29. The molecule has 0 N–H and O–H groups in total. The van der Waals surface area contributed by atoms with Crippen molar-refractivity contribution in [2.75, 3.05) is 6.54 Å². The van der Waals surface area contributed by atoms with Crippen molar-refractivity contribution in [1.29, 1.82) is 0 Å². The average molecular weight is 222 g/mol. The van der Waals surface area contributed by atoms with Crippen LogP contribution in [0.15, 0.2) is 18.2 Å². The van der Waals surface area contributed by atoms with Gasteiger partial charge in [0.1, 0.15) is 5.69 Å². The van der Waals surface area contributed by atoms with E-state index >= 15 is 0 Å². The molecule has 2 rings (SSSR count). The predicted molar refractivity (Wildman–Crippen MR) is 58.5 cm³/mol. The van der Waals surface area contributed by atoms with Crippen LogP contribution in [0.2, 0.25) is 0 Å². The van der Waals surface area contributed by atoms with Crippen molar-refractivity contribution in [3.8, 4) is 0 Å². The smallest absolute Gasteiger partial charge is 0.272 e. The van der Waals surface area contributed by atoms with E-state index in [1.54, 1.807) is 11.0 Å². The number of halogens is 1. The molecule has 1 fully saturated rings. The second-order valence-electron chi connectivity index (χ2n) is 4.19. The summed E-state index contributed by atoms with van der Waals surface area (Å²) < 4.78 is 12.9. The number of carbonyl (C=O) groups excluding carboxylic acids is 1. The van der Waals surface area contributed by atoms with E-state index in [1.165, 1.54) is 12.1 Å². The molecular weight excluding hydrogens is 207 g/mol. The van der Waals surface area contributed by atoms with E-state index in [2.05, 4.69) is 4.98 Å². The Morgan fingerprint density at radius 2 is 2.31 bits per heavy atom. The van der Waals surface area contributed by atoms with Gasteiger partial charge in [-0.2, -0.15) is 4.39 Å². The lowest BCUT2D eigenvalue weighted by atomic mass is 10.0. The molecule has 1 aromatic heterocycles. The number of carbonyl (C=O) groups is 1. The highest BCUT2D eigenvalue weighted by Gasteiger charge is 2.24. The number of hydrogen-bond donors (Lipinski definition) is 0. The number of likely N-dealkylation sites (tertiary alicyclic amines) is 1. The first-order chi connectivity index (χ1) is 7.68. The third-order valence-electron chi connectivity index (χ3n) is 3.00. The summed E-state index contributed by atoms with van der Waals surface area (Å²) in [6, 6.07) is 4.55. The van der Waals surface area contributed by atoms with E-state index in [1.807, 2.05) is 6.92 Å². The predicted octanol–water partition coefficient (Wildman–Crippen LogP) is 2.24. The van der Waals surface area contributed by atoms with Gasteiger partial charge >= 0.3 is 0 Å². The SMILES string of the molecule is CC1CCCCN1C(=O)c1cccc(F)n1. The Hall–Kier alpha value is -1.45. The molecule has 1 amide bonds. The van der Waals surface area contributed by atoms with Gasteiger partial charge in [-0.1, -0.05) is 6.07 Å². The van der Waals surface area contributed by atoms with Gasteiger partial charge in [0.15, 0.2) is 0 Å². The Morgan fingerprint density at radius 3 is 3.00 bits per heavy atom. The summed E-state index contributed by atoms with van der Waals surface area (Å²) in [7, 11) is 0. The maximum atomic E-state index is 12.9. The zero-order valence-electron chi connectivity index (χ0n) is 9.32. The lowest BCUT2D eigenvalue weighted by Crippen LogP contribution is -2.42. The second-order valence-corrected chi connectivity index (χ2v) is 4.19. The van der Waals surface area contributed by atoms with Crippen molar-refractivity contribution in [2.24, 2.45) is 0 Å². The topological polar surface area (TPSA) is 33.2 Å². The number of piperidine rings is 1. The van der Waals surface area contributed by atoms with Crippen LogP contribution in [0.3, 0.4) is 0 Å². The Labute approximate surface area is 94.3 Å². The minimum absolute atomic E-state index is 0.160. The number of amides is 1. The molecule has 1 aromatic rings. The molecule has 3 nitrogen and oxygen atoms in total. The van der Waals surface area contributed by atoms with Gasteiger partial charge in [-0.05, 0) is 38.3 Å². The molecule has 0 radical (unpaired) electrons. The molecule has 0 aliphatic carbocycles. The third-order valence-corrected chi connectivity index (χ3v) is 3.00.